The summed E-state index contributed by atoms with van der Waals surface area (Å²) in [5, 5.41) is 10.4. The number of rotatable bonds is 6. The molecule has 0 fully saturated rings. The summed E-state index contributed by atoms with van der Waals surface area (Å²) >= 11 is 7.56. The number of aryl methyl sites for hydroxylation is 1. The van der Waals surface area contributed by atoms with Crippen LogP contribution in [0.3, 0.4) is 0 Å². The fourth-order valence-corrected chi connectivity index (χ4v) is 3.15. The summed E-state index contributed by atoms with van der Waals surface area (Å²) in [5.74, 6) is 0.763. The molecule has 0 spiro atoms. The predicted octanol–water partition coefficient (Wildman–Crippen LogP) is 5.89. The van der Waals surface area contributed by atoms with E-state index in [1.807, 2.05) is 38.8 Å². The van der Waals surface area contributed by atoms with Crippen LogP contribution >= 0.6 is 23.1 Å². The Labute approximate surface area is 164 Å². The van der Waals surface area contributed by atoms with Crippen molar-refractivity contribution in [2.24, 2.45) is 4.99 Å². The van der Waals surface area contributed by atoms with E-state index < -0.39 is 0 Å². The number of benzene rings is 1. The van der Waals surface area contributed by atoms with Crippen molar-refractivity contribution in [2.75, 3.05) is 7.05 Å². The van der Waals surface area contributed by atoms with E-state index >= 15 is 0 Å². The predicted molar refractivity (Wildman–Crippen MR) is 108 cm³/mol. The number of halogens is 1. The Balaban J connectivity index is 2.30. The molecule has 138 valence electrons. The van der Waals surface area contributed by atoms with Crippen LogP contribution < -0.4 is 4.74 Å². The Bertz CT molecular complexity index is 852. The van der Waals surface area contributed by atoms with Crippen LogP contribution in [0.2, 0.25) is 5.02 Å². The van der Waals surface area contributed by atoms with Crippen molar-refractivity contribution in [3.63, 3.8) is 0 Å². The van der Waals surface area contributed by atoms with Gasteiger partial charge < -0.3 is 9.64 Å². The third-order valence-corrected chi connectivity index (χ3v) is 5.03. The third kappa shape index (κ3) is 4.54. The first kappa shape index (κ1) is 20.2. The van der Waals surface area contributed by atoms with E-state index in [0.29, 0.717) is 33.1 Å². The standard InChI is InChI=1S/C19H23ClN4OS/c1-11(2)18-14(9-21)19(26-23-18)25-17-8-15(20)16(7-13(17)5)22-10-24(6)12(3)4/h7-8,10-12H,1-6H3. The van der Waals surface area contributed by atoms with Gasteiger partial charge in [0, 0.05) is 30.7 Å². The number of aromatic nitrogens is 1. The minimum absolute atomic E-state index is 0.164. The van der Waals surface area contributed by atoms with Crippen LogP contribution in [-0.4, -0.2) is 28.7 Å². The molecule has 0 bridgehead atoms. The second-order valence-corrected chi connectivity index (χ2v) is 7.81. The zero-order valence-corrected chi connectivity index (χ0v) is 17.4. The quantitative estimate of drug-likeness (QED) is 0.455. The first-order valence-corrected chi connectivity index (χ1v) is 9.53. The van der Waals surface area contributed by atoms with Crippen molar-refractivity contribution in [3.8, 4) is 16.9 Å². The summed E-state index contributed by atoms with van der Waals surface area (Å²) < 4.78 is 10.3. The molecular formula is C19H23ClN4OS. The van der Waals surface area contributed by atoms with Gasteiger partial charge in [0.25, 0.3) is 0 Å². The van der Waals surface area contributed by atoms with Crippen molar-refractivity contribution in [1.82, 2.24) is 9.27 Å². The van der Waals surface area contributed by atoms with E-state index in [4.69, 9.17) is 16.3 Å². The normalized spacial score (nSPS) is 11.4. The minimum Gasteiger partial charge on any atom is -0.443 e. The number of aliphatic imine (C=N–C) groups is 1. The smallest absolute Gasteiger partial charge is 0.218 e. The van der Waals surface area contributed by atoms with Crippen LogP contribution in [0.5, 0.6) is 10.8 Å². The SMILES string of the molecule is Cc1cc(N=CN(C)C(C)C)c(Cl)cc1Oc1snc(C(C)C)c1C#N. The lowest BCUT2D eigenvalue weighted by atomic mass is 10.1. The average molecular weight is 391 g/mol. The van der Waals surface area contributed by atoms with E-state index in [2.05, 4.69) is 29.3 Å². The zero-order chi connectivity index (χ0) is 19.4. The van der Waals surface area contributed by atoms with Crippen molar-refractivity contribution >= 4 is 35.2 Å². The summed E-state index contributed by atoms with van der Waals surface area (Å²) in [4.78, 5) is 6.45. The van der Waals surface area contributed by atoms with Gasteiger partial charge >= 0.3 is 0 Å². The van der Waals surface area contributed by atoms with Crippen LogP contribution in [0.4, 0.5) is 5.69 Å². The Morgan fingerprint density at radius 1 is 1.35 bits per heavy atom. The molecule has 1 aromatic carbocycles. The number of hydrogen-bond acceptors (Lipinski definition) is 5. The van der Waals surface area contributed by atoms with Gasteiger partial charge in [-0.15, -0.1) is 0 Å². The van der Waals surface area contributed by atoms with E-state index in [1.54, 1.807) is 12.4 Å². The maximum Gasteiger partial charge on any atom is 0.218 e. The lowest BCUT2D eigenvalue weighted by Crippen LogP contribution is -2.24. The summed E-state index contributed by atoms with van der Waals surface area (Å²) in [6, 6.07) is 6.15. The molecule has 7 heteroatoms. The second kappa shape index (κ2) is 8.52. The fraction of sp³-hybridized carbons (Fsp3) is 0.421. The molecule has 2 aromatic rings. The lowest BCUT2D eigenvalue weighted by molar-refractivity contribution is 0.429. The number of ether oxygens (including phenoxy) is 1. The van der Waals surface area contributed by atoms with Crippen LogP contribution in [0.15, 0.2) is 17.1 Å². The van der Waals surface area contributed by atoms with Crippen LogP contribution in [0.1, 0.15) is 50.4 Å². The van der Waals surface area contributed by atoms with Crippen molar-refractivity contribution < 1.29 is 4.74 Å². The van der Waals surface area contributed by atoms with E-state index in [9.17, 15) is 5.26 Å². The summed E-state index contributed by atoms with van der Waals surface area (Å²) in [6.07, 6.45) is 1.76. The molecule has 5 nitrogen and oxygen atoms in total. The molecule has 0 aliphatic rings. The van der Waals surface area contributed by atoms with Crippen LogP contribution in [0.25, 0.3) is 0 Å². The summed E-state index contributed by atoms with van der Waals surface area (Å²) in [7, 11) is 1.96. The molecule has 0 atom stereocenters. The minimum atomic E-state index is 0.164. The molecule has 0 saturated heterocycles. The molecule has 26 heavy (non-hydrogen) atoms. The monoisotopic (exact) mass is 390 g/mol. The van der Waals surface area contributed by atoms with E-state index in [1.165, 1.54) is 11.5 Å². The highest BCUT2D eigenvalue weighted by molar-refractivity contribution is 7.08. The van der Waals surface area contributed by atoms with Gasteiger partial charge in [-0.3, -0.25) is 0 Å². The van der Waals surface area contributed by atoms with Gasteiger partial charge in [-0.05, 0) is 38.3 Å². The highest BCUT2D eigenvalue weighted by Gasteiger charge is 2.19. The molecular weight excluding hydrogens is 368 g/mol. The molecule has 0 aliphatic carbocycles. The van der Waals surface area contributed by atoms with Gasteiger partial charge in [0.15, 0.2) is 0 Å². The first-order valence-electron chi connectivity index (χ1n) is 8.38. The number of nitriles is 1. The Hall–Kier alpha value is -2.10. The van der Waals surface area contributed by atoms with Gasteiger partial charge in [-0.25, -0.2) is 4.99 Å². The van der Waals surface area contributed by atoms with Gasteiger partial charge in [0.2, 0.25) is 5.06 Å². The lowest BCUT2D eigenvalue weighted by Gasteiger charge is -2.17. The summed E-state index contributed by atoms with van der Waals surface area (Å²) in [5.41, 5.74) is 2.81. The first-order chi connectivity index (χ1) is 12.2. The van der Waals surface area contributed by atoms with E-state index in [-0.39, 0.29) is 5.92 Å². The Morgan fingerprint density at radius 3 is 2.62 bits per heavy atom. The van der Waals surface area contributed by atoms with Crippen molar-refractivity contribution in [3.05, 3.63) is 34.0 Å². The second-order valence-electron chi connectivity index (χ2n) is 6.67. The molecule has 1 aromatic heterocycles. The maximum absolute atomic E-state index is 9.44. The molecule has 0 aliphatic heterocycles. The molecule has 0 radical (unpaired) electrons. The topological polar surface area (TPSA) is 61.5 Å². The van der Waals surface area contributed by atoms with Crippen LogP contribution in [-0.2, 0) is 0 Å². The van der Waals surface area contributed by atoms with Gasteiger partial charge in [0.05, 0.1) is 22.7 Å². The highest BCUT2D eigenvalue weighted by Crippen LogP contribution is 2.38. The summed E-state index contributed by atoms with van der Waals surface area (Å²) in [6.45, 7) is 10.1. The van der Waals surface area contributed by atoms with E-state index in [0.717, 1.165) is 11.3 Å². The highest BCUT2D eigenvalue weighted by atomic mass is 35.5. The Morgan fingerprint density at radius 2 is 2.04 bits per heavy atom. The molecule has 0 amide bonds. The third-order valence-electron chi connectivity index (χ3n) is 3.99. The molecule has 0 saturated carbocycles. The number of hydrogen-bond donors (Lipinski definition) is 0. The molecule has 0 unspecified atom stereocenters. The van der Waals surface area contributed by atoms with Crippen molar-refractivity contribution in [1.29, 1.82) is 5.26 Å². The van der Waals surface area contributed by atoms with Gasteiger partial charge in [-0.1, -0.05) is 25.4 Å². The van der Waals surface area contributed by atoms with Gasteiger partial charge in [-0.2, -0.15) is 9.64 Å². The molecule has 2 rings (SSSR count). The largest absolute Gasteiger partial charge is 0.443 e. The Kier molecular flexibility index (Phi) is 6.63. The van der Waals surface area contributed by atoms with Crippen molar-refractivity contribution in [2.45, 2.75) is 46.6 Å². The van der Waals surface area contributed by atoms with Gasteiger partial charge in [0.1, 0.15) is 17.4 Å². The zero-order valence-electron chi connectivity index (χ0n) is 15.9. The average Bonchev–Trinajstić information content (AvgIpc) is 2.99. The van der Waals surface area contributed by atoms with Crippen LogP contribution in [0, 0.1) is 18.3 Å². The fourth-order valence-electron chi connectivity index (χ4n) is 2.10. The maximum atomic E-state index is 9.44. The molecule has 1 heterocycles. The number of nitrogens with zero attached hydrogens (tertiary/aromatic N) is 4. The molecule has 0 N–H and O–H groups in total.